The van der Waals surface area contributed by atoms with Crippen LogP contribution in [0.4, 0.5) is 0 Å². The summed E-state index contributed by atoms with van der Waals surface area (Å²) in [6, 6.07) is 1.57. The SMILES string of the molecule is CCCNC(CC)CCCN(C)C1CCC(C)(C)CC1. The van der Waals surface area contributed by atoms with Crippen LogP contribution in [0.2, 0.25) is 0 Å². The Balaban J connectivity index is 2.18. The fourth-order valence-corrected chi connectivity index (χ4v) is 3.39. The molecular formula is C18H38N2. The summed E-state index contributed by atoms with van der Waals surface area (Å²) >= 11 is 0. The molecule has 1 fully saturated rings. The smallest absolute Gasteiger partial charge is 0.00926 e. The Morgan fingerprint density at radius 1 is 1.20 bits per heavy atom. The molecule has 0 aromatic carbocycles. The second-order valence-electron chi connectivity index (χ2n) is 7.58. The lowest BCUT2D eigenvalue weighted by atomic mass is 9.75. The Labute approximate surface area is 127 Å². The van der Waals surface area contributed by atoms with E-state index in [2.05, 4.69) is 45.0 Å². The van der Waals surface area contributed by atoms with Crippen molar-refractivity contribution in [3.05, 3.63) is 0 Å². The quantitative estimate of drug-likeness (QED) is 0.672. The molecule has 1 aliphatic rings. The summed E-state index contributed by atoms with van der Waals surface area (Å²) in [5.41, 5.74) is 0.592. The van der Waals surface area contributed by atoms with E-state index in [1.165, 1.54) is 64.5 Å². The minimum absolute atomic E-state index is 0.592. The summed E-state index contributed by atoms with van der Waals surface area (Å²) in [4.78, 5) is 2.63. The fraction of sp³-hybridized carbons (Fsp3) is 1.00. The van der Waals surface area contributed by atoms with Crippen molar-refractivity contribution in [3.8, 4) is 0 Å². The minimum atomic E-state index is 0.592. The summed E-state index contributed by atoms with van der Waals surface area (Å²) in [6.07, 6.45) is 10.8. The van der Waals surface area contributed by atoms with Gasteiger partial charge in [-0.25, -0.2) is 0 Å². The lowest BCUT2D eigenvalue weighted by Gasteiger charge is -2.38. The molecule has 0 amide bonds. The molecule has 0 saturated heterocycles. The van der Waals surface area contributed by atoms with E-state index in [1.54, 1.807) is 0 Å². The van der Waals surface area contributed by atoms with Crippen LogP contribution in [0.1, 0.15) is 79.1 Å². The number of hydrogen-bond donors (Lipinski definition) is 1. The van der Waals surface area contributed by atoms with Crippen molar-refractivity contribution in [2.24, 2.45) is 5.41 Å². The molecule has 1 unspecified atom stereocenters. The van der Waals surface area contributed by atoms with Gasteiger partial charge in [-0.3, -0.25) is 0 Å². The molecule has 1 atom stereocenters. The second-order valence-corrected chi connectivity index (χ2v) is 7.58. The average molecular weight is 283 g/mol. The summed E-state index contributed by atoms with van der Waals surface area (Å²) < 4.78 is 0. The molecule has 1 N–H and O–H groups in total. The molecule has 2 nitrogen and oxygen atoms in total. The Morgan fingerprint density at radius 2 is 1.85 bits per heavy atom. The zero-order chi connectivity index (χ0) is 15.0. The summed E-state index contributed by atoms with van der Waals surface area (Å²) in [7, 11) is 2.34. The lowest BCUT2D eigenvalue weighted by Crippen LogP contribution is -2.38. The first-order valence-corrected chi connectivity index (χ1v) is 8.92. The van der Waals surface area contributed by atoms with Crippen LogP contribution in [0.3, 0.4) is 0 Å². The maximum Gasteiger partial charge on any atom is 0.00926 e. The molecule has 120 valence electrons. The maximum atomic E-state index is 3.66. The Kier molecular flexibility index (Phi) is 8.13. The monoisotopic (exact) mass is 282 g/mol. The zero-order valence-electron chi connectivity index (χ0n) is 14.7. The molecule has 1 aliphatic carbocycles. The Bertz CT molecular complexity index is 240. The van der Waals surface area contributed by atoms with Gasteiger partial charge in [0.05, 0.1) is 0 Å². The lowest BCUT2D eigenvalue weighted by molar-refractivity contribution is 0.125. The molecule has 2 heteroatoms. The second kappa shape index (κ2) is 9.04. The fourth-order valence-electron chi connectivity index (χ4n) is 3.39. The highest BCUT2D eigenvalue weighted by atomic mass is 15.1. The molecule has 20 heavy (non-hydrogen) atoms. The van der Waals surface area contributed by atoms with Crippen molar-refractivity contribution in [1.29, 1.82) is 0 Å². The van der Waals surface area contributed by atoms with E-state index in [1.807, 2.05) is 0 Å². The van der Waals surface area contributed by atoms with E-state index in [9.17, 15) is 0 Å². The number of rotatable bonds is 9. The van der Waals surface area contributed by atoms with Crippen molar-refractivity contribution < 1.29 is 0 Å². The van der Waals surface area contributed by atoms with Gasteiger partial charge in [0.2, 0.25) is 0 Å². The van der Waals surface area contributed by atoms with Crippen LogP contribution in [-0.4, -0.2) is 37.1 Å². The third-order valence-electron chi connectivity index (χ3n) is 5.17. The van der Waals surface area contributed by atoms with E-state index in [0.29, 0.717) is 5.41 Å². The molecule has 1 saturated carbocycles. The maximum absolute atomic E-state index is 3.66. The van der Waals surface area contributed by atoms with E-state index >= 15 is 0 Å². The third-order valence-corrected chi connectivity index (χ3v) is 5.17. The summed E-state index contributed by atoms with van der Waals surface area (Å²) in [6.45, 7) is 11.8. The first-order chi connectivity index (χ1) is 9.48. The van der Waals surface area contributed by atoms with Crippen LogP contribution in [0.25, 0.3) is 0 Å². The van der Waals surface area contributed by atoms with Gasteiger partial charge in [0.25, 0.3) is 0 Å². The van der Waals surface area contributed by atoms with E-state index < -0.39 is 0 Å². The summed E-state index contributed by atoms with van der Waals surface area (Å²) in [5.74, 6) is 0. The average Bonchev–Trinajstić information content (AvgIpc) is 2.42. The first-order valence-electron chi connectivity index (χ1n) is 8.92. The van der Waals surface area contributed by atoms with Gasteiger partial charge in [0.1, 0.15) is 0 Å². The van der Waals surface area contributed by atoms with Crippen LogP contribution in [0.15, 0.2) is 0 Å². The number of nitrogens with zero attached hydrogens (tertiary/aromatic N) is 1. The Morgan fingerprint density at radius 3 is 2.40 bits per heavy atom. The van der Waals surface area contributed by atoms with Crippen LogP contribution in [-0.2, 0) is 0 Å². The van der Waals surface area contributed by atoms with Gasteiger partial charge >= 0.3 is 0 Å². The molecule has 0 radical (unpaired) electrons. The molecular weight excluding hydrogens is 244 g/mol. The predicted molar refractivity (Wildman–Crippen MR) is 90.3 cm³/mol. The van der Waals surface area contributed by atoms with Crippen molar-refractivity contribution in [3.63, 3.8) is 0 Å². The van der Waals surface area contributed by atoms with Crippen molar-refractivity contribution >= 4 is 0 Å². The van der Waals surface area contributed by atoms with E-state index in [4.69, 9.17) is 0 Å². The van der Waals surface area contributed by atoms with Gasteiger partial charge in [-0.05, 0) is 76.9 Å². The minimum Gasteiger partial charge on any atom is -0.314 e. The highest BCUT2D eigenvalue weighted by Gasteiger charge is 2.28. The van der Waals surface area contributed by atoms with Gasteiger partial charge in [-0.15, -0.1) is 0 Å². The van der Waals surface area contributed by atoms with E-state index in [0.717, 1.165) is 12.1 Å². The molecule has 0 spiro atoms. The standard InChI is InChI=1S/C18H38N2/c1-6-14-19-16(7-2)9-8-15-20(5)17-10-12-18(3,4)13-11-17/h16-17,19H,6-15H2,1-5H3. The predicted octanol–water partition coefficient (Wildman–Crippen LogP) is 4.45. The van der Waals surface area contributed by atoms with Gasteiger partial charge in [-0.2, -0.15) is 0 Å². The largest absolute Gasteiger partial charge is 0.314 e. The Hall–Kier alpha value is -0.0800. The van der Waals surface area contributed by atoms with Gasteiger partial charge in [0, 0.05) is 12.1 Å². The van der Waals surface area contributed by atoms with Crippen molar-refractivity contribution in [1.82, 2.24) is 10.2 Å². The molecule has 0 aliphatic heterocycles. The van der Waals surface area contributed by atoms with Crippen LogP contribution in [0, 0.1) is 5.41 Å². The van der Waals surface area contributed by atoms with Crippen LogP contribution >= 0.6 is 0 Å². The molecule has 0 aromatic heterocycles. The number of hydrogen-bond acceptors (Lipinski definition) is 2. The van der Waals surface area contributed by atoms with Crippen LogP contribution < -0.4 is 5.32 Å². The number of nitrogens with one attached hydrogen (secondary N) is 1. The molecule has 0 bridgehead atoms. The van der Waals surface area contributed by atoms with Crippen molar-refractivity contribution in [2.45, 2.75) is 91.1 Å². The highest BCUT2D eigenvalue weighted by Crippen LogP contribution is 2.36. The molecule has 0 heterocycles. The summed E-state index contributed by atoms with van der Waals surface area (Å²) in [5, 5.41) is 3.66. The van der Waals surface area contributed by atoms with Gasteiger partial charge in [-0.1, -0.05) is 27.7 Å². The van der Waals surface area contributed by atoms with E-state index in [-0.39, 0.29) is 0 Å². The normalized spacial score (nSPS) is 21.3. The third kappa shape index (κ3) is 6.58. The van der Waals surface area contributed by atoms with Gasteiger partial charge in [0.15, 0.2) is 0 Å². The van der Waals surface area contributed by atoms with Crippen molar-refractivity contribution in [2.75, 3.05) is 20.1 Å². The molecule has 1 rings (SSSR count). The zero-order valence-corrected chi connectivity index (χ0v) is 14.7. The van der Waals surface area contributed by atoms with Crippen LogP contribution in [0.5, 0.6) is 0 Å². The van der Waals surface area contributed by atoms with Gasteiger partial charge < -0.3 is 10.2 Å². The highest BCUT2D eigenvalue weighted by molar-refractivity contribution is 4.83. The first kappa shape index (κ1) is 18.0. The topological polar surface area (TPSA) is 15.3 Å². The molecule has 0 aromatic rings.